The minimum Gasteiger partial charge on any atom is -0.345 e. The highest BCUT2D eigenvalue weighted by Crippen LogP contribution is 2.18. The van der Waals surface area contributed by atoms with Crippen molar-refractivity contribution in [3.8, 4) is 0 Å². The van der Waals surface area contributed by atoms with E-state index in [4.69, 9.17) is 11.6 Å². The monoisotopic (exact) mass is 407 g/mol. The molecule has 20 heavy (non-hydrogen) atoms. The summed E-state index contributed by atoms with van der Waals surface area (Å²) in [7, 11) is 0. The highest BCUT2D eigenvalue weighted by Gasteiger charge is 2.26. The molecule has 1 saturated carbocycles. The van der Waals surface area contributed by atoms with Crippen LogP contribution in [0, 0.1) is 3.57 Å². The van der Waals surface area contributed by atoms with Crippen molar-refractivity contribution in [3.05, 3.63) is 32.4 Å². The molecule has 2 rings (SSSR count). The van der Waals surface area contributed by atoms with Gasteiger partial charge in [0.25, 0.3) is 5.91 Å². The third-order valence-corrected chi connectivity index (χ3v) is 3.76. The van der Waals surface area contributed by atoms with Crippen molar-refractivity contribution in [2.45, 2.75) is 18.9 Å². The van der Waals surface area contributed by atoms with E-state index in [2.05, 4.69) is 16.2 Å². The Labute approximate surface area is 133 Å². The average molecular weight is 408 g/mol. The number of carbonyl (C=O) groups is 3. The first-order valence-electron chi connectivity index (χ1n) is 5.83. The van der Waals surface area contributed by atoms with E-state index in [0.29, 0.717) is 14.2 Å². The first-order chi connectivity index (χ1) is 9.47. The number of nitrogens with one attached hydrogen (secondary N) is 3. The van der Waals surface area contributed by atoms with Gasteiger partial charge in [0.15, 0.2) is 0 Å². The van der Waals surface area contributed by atoms with E-state index in [1.165, 1.54) is 6.07 Å². The minimum absolute atomic E-state index is 0.0813. The van der Waals surface area contributed by atoms with E-state index in [1.807, 2.05) is 22.6 Å². The summed E-state index contributed by atoms with van der Waals surface area (Å²) < 4.78 is 0.682. The van der Waals surface area contributed by atoms with Crippen LogP contribution in [0.3, 0.4) is 0 Å². The fourth-order valence-corrected chi connectivity index (χ4v) is 2.14. The van der Waals surface area contributed by atoms with Gasteiger partial charge >= 0.3 is 11.8 Å². The Morgan fingerprint density at radius 2 is 1.85 bits per heavy atom. The van der Waals surface area contributed by atoms with Crippen molar-refractivity contribution < 1.29 is 14.4 Å². The van der Waals surface area contributed by atoms with Gasteiger partial charge in [0.2, 0.25) is 0 Å². The second-order valence-corrected chi connectivity index (χ2v) is 5.88. The summed E-state index contributed by atoms with van der Waals surface area (Å²) in [6.45, 7) is 0. The molecule has 0 atom stereocenters. The van der Waals surface area contributed by atoms with Crippen LogP contribution < -0.4 is 16.2 Å². The molecule has 3 N–H and O–H groups in total. The Morgan fingerprint density at radius 3 is 2.50 bits per heavy atom. The second kappa shape index (κ2) is 6.40. The molecule has 1 aliphatic rings. The van der Waals surface area contributed by atoms with Gasteiger partial charge in [0.1, 0.15) is 0 Å². The lowest BCUT2D eigenvalue weighted by molar-refractivity contribution is -0.139. The molecule has 3 amide bonds. The number of hydrogen-bond donors (Lipinski definition) is 3. The maximum atomic E-state index is 11.9. The van der Waals surface area contributed by atoms with Crippen LogP contribution in [-0.2, 0) is 9.59 Å². The van der Waals surface area contributed by atoms with Crippen LogP contribution in [0.5, 0.6) is 0 Å². The Bertz CT molecular complexity index is 575. The minimum atomic E-state index is -0.901. The Balaban J connectivity index is 1.89. The normalized spacial score (nSPS) is 13.5. The molecule has 6 nitrogen and oxygen atoms in total. The van der Waals surface area contributed by atoms with Gasteiger partial charge in [0.05, 0.1) is 5.56 Å². The van der Waals surface area contributed by atoms with E-state index in [-0.39, 0.29) is 6.04 Å². The largest absolute Gasteiger partial charge is 0.345 e. The molecule has 0 bridgehead atoms. The van der Waals surface area contributed by atoms with E-state index in [1.54, 1.807) is 12.1 Å². The van der Waals surface area contributed by atoms with E-state index >= 15 is 0 Å². The Morgan fingerprint density at radius 1 is 1.15 bits per heavy atom. The molecule has 1 fully saturated rings. The highest BCUT2D eigenvalue weighted by molar-refractivity contribution is 14.1. The maximum absolute atomic E-state index is 11.9. The molecule has 1 aromatic rings. The quantitative estimate of drug-likeness (QED) is 0.388. The van der Waals surface area contributed by atoms with Crippen LogP contribution in [0.4, 0.5) is 0 Å². The van der Waals surface area contributed by atoms with Gasteiger partial charge in [-0.25, -0.2) is 0 Å². The van der Waals surface area contributed by atoms with Crippen LogP contribution in [0.15, 0.2) is 18.2 Å². The van der Waals surface area contributed by atoms with Crippen LogP contribution in [0.1, 0.15) is 23.2 Å². The number of amides is 3. The molecular weight excluding hydrogens is 397 g/mol. The van der Waals surface area contributed by atoms with Crippen molar-refractivity contribution >= 4 is 51.9 Å². The van der Waals surface area contributed by atoms with Gasteiger partial charge in [-0.05, 0) is 53.6 Å². The predicted octanol–water partition coefficient (Wildman–Crippen LogP) is 0.984. The molecule has 0 saturated heterocycles. The van der Waals surface area contributed by atoms with Gasteiger partial charge in [-0.1, -0.05) is 11.6 Å². The van der Waals surface area contributed by atoms with Crippen molar-refractivity contribution in [2.24, 2.45) is 0 Å². The lowest BCUT2D eigenvalue weighted by Crippen LogP contribution is -2.49. The van der Waals surface area contributed by atoms with Crippen molar-refractivity contribution in [2.75, 3.05) is 0 Å². The first kappa shape index (κ1) is 15.0. The van der Waals surface area contributed by atoms with Crippen molar-refractivity contribution in [1.29, 1.82) is 0 Å². The number of benzene rings is 1. The molecule has 106 valence electrons. The third kappa shape index (κ3) is 4.07. The fraction of sp³-hybridized carbons (Fsp3) is 0.250. The van der Waals surface area contributed by atoms with Crippen LogP contribution in [0.25, 0.3) is 0 Å². The summed E-state index contributed by atoms with van der Waals surface area (Å²) in [5, 5.41) is 2.92. The van der Waals surface area contributed by atoms with Gasteiger partial charge in [-0.3, -0.25) is 25.2 Å². The SMILES string of the molecule is O=C(NNC(=O)c1cc(Cl)ccc1I)C(=O)NC1CC1. The van der Waals surface area contributed by atoms with E-state index < -0.39 is 17.7 Å². The van der Waals surface area contributed by atoms with E-state index in [9.17, 15) is 14.4 Å². The molecule has 0 radical (unpaired) electrons. The summed E-state index contributed by atoms with van der Waals surface area (Å²) >= 11 is 7.78. The summed E-state index contributed by atoms with van der Waals surface area (Å²) in [5.41, 5.74) is 4.56. The van der Waals surface area contributed by atoms with Gasteiger partial charge in [0, 0.05) is 14.6 Å². The number of hydrazine groups is 1. The molecule has 1 aliphatic carbocycles. The highest BCUT2D eigenvalue weighted by atomic mass is 127. The molecule has 0 unspecified atom stereocenters. The third-order valence-electron chi connectivity index (χ3n) is 2.58. The van der Waals surface area contributed by atoms with Crippen molar-refractivity contribution in [1.82, 2.24) is 16.2 Å². The zero-order chi connectivity index (χ0) is 14.7. The molecular formula is C12H11ClIN3O3. The predicted molar refractivity (Wildman–Crippen MR) is 80.9 cm³/mol. The van der Waals surface area contributed by atoms with E-state index in [0.717, 1.165) is 12.8 Å². The van der Waals surface area contributed by atoms with Gasteiger partial charge < -0.3 is 5.32 Å². The average Bonchev–Trinajstić information content (AvgIpc) is 3.22. The maximum Gasteiger partial charge on any atom is 0.327 e. The first-order valence-corrected chi connectivity index (χ1v) is 7.29. The Kier molecular flexibility index (Phi) is 4.81. The molecule has 0 aliphatic heterocycles. The second-order valence-electron chi connectivity index (χ2n) is 4.28. The lowest BCUT2D eigenvalue weighted by Gasteiger charge is -2.08. The Hall–Kier alpha value is -1.35. The fourth-order valence-electron chi connectivity index (χ4n) is 1.39. The molecule has 0 aromatic heterocycles. The summed E-state index contributed by atoms with van der Waals surface area (Å²) in [6.07, 6.45) is 1.76. The number of carbonyl (C=O) groups excluding carboxylic acids is 3. The zero-order valence-corrected chi connectivity index (χ0v) is 13.1. The molecule has 8 heteroatoms. The summed E-state index contributed by atoms with van der Waals surface area (Å²) in [5.74, 6) is -2.19. The van der Waals surface area contributed by atoms with Crippen LogP contribution in [-0.4, -0.2) is 23.8 Å². The topological polar surface area (TPSA) is 87.3 Å². The lowest BCUT2D eigenvalue weighted by atomic mass is 10.2. The summed E-state index contributed by atoms with van der Waals surface area (Å²) in [6, 6.07) is 4.90. The van der Waals surface area contributed by atoms with Crippen molar-refractivity contribution in [3.63, 3.8) is 0 Å². The van der Waals surface area contributed by atoms with Crippen LogP contribution in [0.2, 0.25) is 5.02 Å². The molecule has 0 heterocycles. The number of halogens is 2. The van der Waals surface area contributed by atoms with Gasteiger partial charge in [-0.2, -0.15) is 0 Å². The molecule has 1 aromatic carbocycles. The zero-order valence-electron chi connectivity index (χ0n) is 10.2. The summed E-state index contributed by atoms with van der Waals surface area (Å²) in [4.78, 5) is 34.7. The molecule has 0 spiro atoms. The van der Waals surface area contributed by atoms with Crippen LogP contribution >= 0.6 is 34.2 Å². The van der Waals surface area contributed by atoms with Gasteiger partial charge in [-0.15, -0.1) is 0 Å². The number of hydrogen-bond acceptors (Lipinski definition) is 3. The standard InChI is InChI=1S/C12H11ClIN3O3/c13-6-1-4-9(14)8(5-6)10(18)16-17-12(20)11(19)15-7-2-3-7/h1,4-5,7H,2-3H2,(H,15,19)(H,16,18)(H,17,20). The number of rotatable bonds is 2. The smallest absolute Gasteiger partial charge is 0.327 e.